The van der Waals surface area contributed by atoms with E-state index in [9.17, 15) is 0 Å². The lowest BCUT2D eigenvalue weighted by Gasteiger charge is -2.35. The van der Waals surface area contributed by atoms with Gasteiger partial charge in [0.2, 0.25) is 0 Å². The Bertz CT molecular complexity index is 415. The zero-order chi connectivity index (χ0) is 13.8. The molecule has 1 N–H and O–H groups in total. The highest BCUT2D eigenvalue weighted by Crippen LogP contribution is 2.29. The molecule has 2 heterocycles. The van der Waals surface area contributed by atoms with E-state index in [1.165, 1.54) is 64.0 Å². The molecule has 2 aliphatic rings. The number of nitrogens with one attached hydrogen (secondary N) is 1. The largest absolute Gasteiger partial charge is 0.317 e. The fourth-order valence-electron chi connectivity index (χ4n) is 3.80. The molecule has 110 valence electrons. The number of nitrogens with zero attached hydrogens (tertiary/aromatic N) is 1. The predicted molar refractivity (Wildman–Crippen MR) is 85.2 cm³/mol. The first-order valence-corrected chi connectivity index (χ1v) is 8.31. The van der Waals surface area contributed by atoms with E-state index in [0.717, 1.165) is 11.8 Å². The summed E-state index contributed by atoms with van der Waals surface area (Å²) in [5.74, 6) is 1.73. The first kappa shape index (κ1) is 14.1. The monoisotopic (exact) mass is 272 g/mol. The van der Waals surface area contributed by atoms with Gasteiger partial charge in [-0.2, -0.15) is 0 Å². The minimum absolute atomic E-state index is 0.791. The average Bonchev–Trinajstić information content (AvgIpc) is 2.49. The lowest BCUT2D eigenvalue weighted by atomic mass is 9.88. The van der Waals surface area contributed by atoms with Gasteiger partial charge in [-0.15, -0.1) is 0 Å². The van der Waals surface area contributed by atoms with Crippen LogP contribution in [0.15, 0.2) is 24.3 Å². The normalized spacial score (nSPS) is 23.1. The number of benzene rings is 1. The van der Waals surface area contributed by atoms with Crippen LogP contribution in [-0.2, 0) is 0 Å². The highest BCUT2D eigenvalue weighted by atomic mass is 15.1. The molecule has 2 aliphatic heterocycles. The van der Waals surface area contributed by atoms with Gasteiger partial charge in [0, 0.05) is 6.54 Å². The first-order chi connectivity index (χ1) is 9.81. The summed E-state index contributed by atoms with van der Waals surface area (Å²) in [4.78, 5) is 2.71. The summed E-state index contributed by atoms with van der Waals surface area (Å²) in [6, 6.07) is 9.12. The van der Waals surface area contributed by atoms with Crippen molar-refractivity contribution in [3.05, 3.63) is 35.4 Å². The van der Waals surface area contributed by atoms with Crippen molar-refractivity contribution < 1.29 is 0 Å². The molecule has 20 heavy (non-hydrogen) atoms. The molecule has 2 heteroatoms. The third-order valence-corrected chi connectivity index (χ3v) is 5.08. The van der Waals surface area contributed by atoms with Gasteiger partial charge in [-0.25, -0.2) is 0 Å². The van der Waals surface area contributed by atoms with Gasteiger partial charge in [-0.05, 0) is 76.2 Å². The number of hydrogen-bond donors (Lipinski definition) is 1. The molecule has 0 aromatic heterocycles. The highest BCUT2D eigenvalue weighted by molar-refractivity contribution is 5.25. The van der Waals surface area contributed by atoms with E-state index in [1.807, 2.05) is 0 Å². The molecule has 0 atom stereocenters. The zero-order valence-corrected chi connectivity index (χ0v) is 12.8. The molecule has 3 rings (SSSR count). The van der Waals surface area contributed by atoms with Crippen molar-refractivity contribution in [2.75, 3.05) is 32.7 Å². The molecule has 0 aliphatic carbocycles. The molecule has 1 aromatic rings. The van der Waals surface area contributed by atoms with Crippen molar-refractivity contribution in [2.45, 2.75) is 38.5 Å². The molecule has 0 saturated carbocycles. The Labute approximate surface area is 123 Å². The third kappa shape index (κ3) is 3.62. The first-order valence-electron chi connectivity index (χ1n) is 8.31. The van der Waals surface area contributed by atoms with Gasteiger partial charge in [0.05, 0.1) is 0 Å². The smallest absolute Gasteiger partial charge is 0.00106 e. The average molecular weight is 272 g/mol. The second kappa shape index (κ2) is 6.73. The Kier molecular flexibility index (Phi) is 4.74. The van der Waals surface area contributed by atoms with E-state index < -0.39 is 0 Å². The quantitative estimate of drug-likeness (QED) is 0.909. The summed E-state index contributed by atoms with van der Waals surface area (Å²) < 4.78 is 0. The van der Waals surface area contributed by atoms with E-state index in [4.69, 9.17) is 0 Å². The summed E-state index contributed by atoms with van der Waals surface area (Å²) in [7, 11) is 0. The summed E-state index contributed by atoms with van der Waals surface area (Å²) in [6.45, 7) is 8.58. The van der Waals surface area contributed by atoms with E-state index in [1.54, 1.807) is 5.56 Å². The molecule has 0 amide bonds. The van der Waals surface area contributed by atoms with Crippen molar-refractivity contribution >= 4 is 0 Å². The minimum Gasteiger partial charge on any atom is -0.317 e. The van der Waals surface area contributed by atoms with Crippen LogP contribution in [0.4, 0.5) is 0 Å². The lowest BCUT2D eigenvalue weighted by molar-refractivity contribution is 0.167. The number of rotatable bonds is 3. The SMILES string of the molecule is Cc1cccc(C2CCN(CC3CCNCC3)CC2)c1. The van der Waals surface area contributed by atoms with Crippen molar-refractivity contribution in [3.63, 3.8) is 0 Å². The zero-order valence-electron chi connectivity index (χ0n) is 12.8. The molecule has 0 radical (unpaired) electrons. The fraction of sp³-hybridized carbons (Fsp3) is 0.667. The van der Waals surface area contributed by atoms with Crippen LogP contribution < -0.4 is 5.32 Å². The molecule has 0 unspecified atom stereocenters. The lowest BCUT2D eigenvalue weighted by Crippen LogP contribution is -2.39. The molecule has 2 saturated heterocycles. The van der Waals surface area contributed by atoms with E-state index >= 15 is 0 Å². The minimum atomic E-state index is 0.791. The van der Waals surface area contributed by atoms with Gasteiger partial charge in [-0.3, -0.25) is 0 Å². The van der Waals surface area contributed by atoms with E-state index in [-0.39, 0.29) is 0 Å². The van der Waals surface area contributed by atoms with Crippen LogP contribution in [0.5, 0.6) is 0 Å². The topological polar surface area (TPSA) is 15.3 Å². The Morgan fingerprint density at radius 1 is 1.10 bits per heavy atom. The third-order valence-electron chi connectivity index (χ3n) is 5.08. The van der Waals surface area contributed by atoms with Gasteiger partial charge in [0.15, 0.2) is 0 Å². The van der Waals surface area contributed by atoms with Crippen molar-refractivity contribution in [1.29, 1.82) is 0 Å². The van der Waals surface area contributed by atoms with Crippen LogP contribution in [0.3, 0.4) is 0 Å². The maximum atomic E-state index is 3.47. The van der Waals surface area contributed by atoms with Gasteiger partial charge in [0.25, 0.3) is 0 Å². The van der Waals surface area contributed by atoms with Crippen LogP contribution in [0.25, 0.3) is 0 Å². The standard InChI is InChI=1S/C18H28N2/c1-15-3-2-4-18(13-15)17-7-11-20(12-8-17)14-16-5-9-19-10-6-16/h2-4,13,16-17,19H,5-12,14H2,1H3. The van der Waals surface area contributed by atoms with Crippen molar-refractivity contribution in [3.8, 4) is 0 Å². The van der Waals surface area contributed by atoms with E-state index in [2.05, 4.69) is 41.4 Å². The second-order valence-corrected chi connectivity index (χ2v) is 6.68. The van der Waals surface area contributed by atoms with Crippen LogP contribution in [0, 0.1) is 12.8 Å². The maximum absolute atomic E-state index is 3.47. The molecular weight excluding hydrogens is 244 g/mol. The Morgan fingerprint density at radius 2 is 1.85 bits per heavy atom. The Hall–Kier alpha value is -0.860. The van der Waals surface area contributed by atoms with Gasteiger partial charge < -0.3 is 10.2 Å². The fourth-order valence-corrected chi connectivity index (χ4v) is 3.80. The van der Waals surface area contributed by atoms with Crippen LogP contribution in [0.1, 0.15) is 42.7 Å². The van der Waals surface area contributed by atoms with Crippen molar-refractivity contribution in [1.82, 2.24) is 10.2 Å². The molecule has 0 bridgehead atoms. The number of hydrogen-bond acceptors (Lipinski definition) is 2. The van der Waals surface area contributed by atoms with Crippen molar-refractivity contribution in [2.24, 2.45) is 5.92 Å². The van der Waals surface area contributed by atoms with Gasteiger partial charge >= 0.3 is 0 Å². The molecular formula is C18H28N2. The number of piperidine rings is 2. The summed E-state index contributed by atoms with van der Waals surface area (Å²) in [6.07, 6.45) is 5.43. The van der Waals surface area contributed by atoms with Gasteiger partial charge in [-0.1, -0.05) is 29.8 Å². The molecule has 2 nitrogen and oxygen atoms in total. The highest BCUT2D eigenvalue weighted by Gasteiger charge is 2.23. The molecule has 2 fully saturated rings. The number of likely N-dealkylation sites (tertiary alicyclic amines) is 1. The van der Waals surface area contributed by atoms with Crippen LogP contribution in [-0.4, -0.2) is 37.6 Å². The Morgan fingerprint density at radius 3 is 2.55 bits per heavy atom. The molecule has 1 aromatic carbocycles. The maximum Gasteiger partial charge on any atom is 0.00106 e. The summed E-state index contributed by atoms with van der Waals surface area (Å²) >= 11 is 0. The van der Waals surface area contributed by atoms with Crippen LogP contribution in [0.2, 0.25) is 0 Å². The van der Waals surface area contributed by atoms with E-state index in [0.29, 0.717) is 0 Å². The summed E-state index contributed by atoms with van der Waals surface area (Å²) in [5.41, 5.74) is 2.96. The van der Waals surface area contributed by atoms with Crippen LogP contribution >= 0.6 is 0 Å². The second-order valence-electron chi connectivity index (χ2n) is 6.68. The predicted octanol–water partition coefficient (Wildman–Crippen LogP) is 3.17. The molecule has 0 spiro atoms. The van der Waals surface area contributed by atoms with Gasteiger partial charge in [0.1, 0.15) is 0 Å². The summed E-state index contributed by atoms with van der Waals surface area (Å²) in [5, 5.41) is 3.47. The number of aryl methyl sites for hydroxylation is 1. The Balaban J connectivity index is 1.49.